The van der Waals surface area contributed by atoms with Crippen molar-refractivity contribution in [2.75, 3.05) is 6.61 Å². The molecule has 21 heavy (non-hydrogen) atoms. The zero-order valence-corrected chi connectivity index (χ0v) is 13.5. The number of hydrogen-bond acceptors (Lipinski definition) is 4. The molecule has 0 radical (unpaired) electrons. The quantitative estimate of drug-likeness (QED) is 0.797. The molecule has 1 heterocycles. The molecule has 1 aromatic carbocycles. The standard InChI is InChI=1S/C15H19ClO4S/c1-11-3-4-13(14(9-11)21(16,17)18)20-12-5-8-19-15(10-12)6-2-7-15/h3-4,9,12H,2,5-8,10H2,1H3. The molecule has 116 valence electrons. The number of hydrogen-bond donors (Lipinski definition) is 0. The largest absolute Gasteiger partial charge is 0.489 e. The zero-order valence-electron chi connectivity index (χ0n) is 12.0. The fourth-order valence-corrected chi connectivity index (χ4v) is 4.13. The van der Waals surface area contributed by atoms with E-state index in [2.05, 4.69) is 0 Å². The number of benzene rings is 1. The molecule has 3 rings (SSSR count). The van der Waals surface area contributed by atoms with Gasteiger partial charge in [0.25, 0.3) is 9.05 Å². The summed E-state index contributed by atoms with van der Waals surface area (Å²) in [4.78, 5) is 0.0540. The van der Waals surface area contributed by atoms with Gasteiger partial charge in [-0.2, -0.15) is 0 Å². The summed E-state index contributed by atoms with van der Waals surface area (Å²) in [6.07, 6.45) is 4.92. The van der Waals surface area contributed by atoms with Crippen molar-refractivity contribution < 1.29 is 17.9 Å². The van der Waals surface area contributed by atoms with Gasteiger partial charge >= 0.3 is 0 Å². The van der Waals surface area contributed by atoms with Crippen LogP contribution in [0, 0.1) is 6.92 Å². The van der Waals surface area contributed by atoms with Gasteiger partial charge in [-0.3, -0.25) is 0 Å². The van der Waals surface area contributed by atoms with Gasteiger partial charge in [-0.1, -0.05) is 6.07 Å². The molecular weight excluding hydrogens is 312 g/mol. The summed E-state index contributed by atoms with van der Waals surface area (Å²) in [5.74, 6) is 0.344. The lowest BCUT2D eigenvalue weighted by atomic mass is 9.74. The molecule has 4 nitrogen and oxygen atoms in total. The van der Waals surface area contributed by atoms with Crippen LogP contribution >= 0.6 is 10.7 Å². The lowest BCUT2D eigenvalue weighted by molar-refractivity contribution is -0.153. The van der Waals surface area contributed by atoms with Gasteiger partial charge in [0.15, 0.2) is 0 Å². The number of aryl methyl sites for hydroxylation is 1. The summed E-state index contributed by atoms with van der Waals surface area (Å²) in [6, 6.07) is 5.07. The molecular formula is C15H19ClO4S. The molecule has 0 N–H and O–H groups in total. The molecule has 0 aromatic heterocycles. The molecule has 1 aliphatic carbocycles. The molecule has 2 fully saturated rings. The van der Waals surface area contributed by atoms with Crippen LogP contribution in [0.25, 0.3) is 0 Å². The molecule has 2 aliphatic rings. The van der Waals surface area contributed by atoms with Gasteiger partial charge in [0.05, 0.1) is 12.2 Å². The van der Waals surface area contributed by atoms with E-state index in [9.17, 15) is 8.42 Å². The highest BCUT2D eigenvalue weighted by molar-refractivity contribution is 8.13. The topological polar surface area (TPSA) is 52.6 Å². The third kappa shape index (κ3) is 3.20. The van der Waals surface area contributed by atoms with Gasteiger partial charge in [0.2, 0.25) is 0 Å². The molecule has 1 aromatic rings. The van der Waals surface area contributed by atoms with Crippen LogP contribution in [0.5, 0.6) is 5.75 Å². The van der Waals surface area contributed by atoms with E-state index in [1.165, 1.54) is 6.42 Å². The van der Waals surface area contributed by atoms with Crippen LogP contribution in [-0.2, 0) is 13.8 Å². The third-order valence-electron chi connectivity index (χ3n) is 4.37. The Labute approximate surface area is 129 Å². The van der Waals surface area contributed by atoms with E-state index < -0.39 is 9.05 Å². The Balaban J connectivity index is 1.81. The van der Waals surface area contributed by atoms with E-state index >= 15 is 0 Å². The molecule has 0 amide bonds. The summed E-state index contributed by atoms with van der Waals surface area (Å²) in [5.41, 5.74) is 0.803. The van der Waals surface area contributed by atoms with Crippen LogP contribution in [0.15, 0.2) is 23.1 Å². The van der Waals surface area contributed by atoms with Crippen molar-refractivity contribution in [2.45, 2.75) is 55.6 Å². The number of halogens is 1. The predicted octanol–water partition coefficient (Wildman–Crippen LogP) is 3.40. The van der Waals surface area contributed by atoms with Gasteiger partial charge in [0, 0.05) is 23.5 Å². The minimum absolute atomic E-state index is 0.0149. The highest BCUT2D eigenvalue weighted by Gasteiger charge is 2.43. The van der Waals surface area contributed by atoms with Crippen molar-refractivity contribution in [2.24, 2.45) is 0 Å². The van der Waals surface area contributed by atoms with Crippen LogP contribution in [0.2, 0.25) is 0 Å². The van der Waals surface area contributed by atoms with Crippen molar-refractivity contribution in [1.29, 1.82) is 0 Å². The first kappa shape index (κ1) is 15.1. The maximum absolute atomic E-state index is 11.7. The molecule has 1 saturated carbocycles. The maximum atomic E-state index is 11.7. The zero-order chi connectivity index (χ0) is 15.1. The lowest BCUT2D eigenvalue weighted by Crippen LogP contribution is -2.48. The van der Waals surface area contributed by atoms with Crippen LogP contribution in [0.4, 0.5) is 0 Å². The van der Waals surface area contributed by atoms with Crippen LogP contribution < -0.4 is 4.74 Å². The lowest BCUT2D eigenvalue weighted by Gasteiger charge is -2.46. The number of rotatable bonds is 3. The summed E-state index contributed by atoms with van der Waals surface area (Å²) < 4.78 is 35.2. The Kier molecular flexibility index (Phi) is 3.93. The Morgan fingerprint density at radius 2 is 2.14 bits per heavy atom. The second kappa shape index (κ2) is 5.45. The highest BCUT2D eigenvalue weighted by atomic mass is 35.7. The molecule has 0 bridgehead atoms. The minimum atomic E-state index is -3.81. The fraction of sp³-hybridized carbons (Fsp3) is 0.600. The van der Waals surface area contributed by atoms with Gasteiger partial charge in [-0.05, 0) is 43.9 Å². The smallest absolute Gasteiger partial charge is 0.264 e. The Morgan fingerprint density at radius 1 is 1.38 bits per heavy atom. The van der Waals surface area contributed by atoms with Crippen molar-refractivity contribution in [3.8, 4) is 5.75 Å². The molecule has 1 atom stereocenters. The molecule has 1 unspecified atom stereocenters. The molecule has 1 spiro atoms. The Morgan fingerprint density at radius 3 is 2.76 bits per heavy atom. The van der Waals surface area contributed by atoms with Crippen molar-refractivity contribution >= 4 is 19.7 Å². The van der Waals surface area contributed by atoms with Gasteiger partial charge in [0.1, 0.15) is 16.7 Å². The Hall–Kier alpha value is -0.780. The van der Waals surface area contributed by atoms with E-state index in [1.54, 1.807) is 12.1 Å². The number of ether oxygens (including phenoxy) is 2. The van der Waals surface area contributed by atoms with Gasteiger partial charge < -0.3 is 9.47 Å². The van der Waals surface area contributed by atoms with Crippen molar-refractivity contribution in [1.82, 2.24) is 0 Å². The van der Waals surface area contributed by atoms with Crippen LogP contribution in [0.3, 0.4) is 0 Å². The second-order valence-electron chi connectivity index (χ2n) is 6.01. The summed E-state index contributed by atoms with van der Waals surface area (Å²) in [5, 5.41) is 0. The van der Waals surface area contributed by atoms with Crippen molar-refractivity contribution in [3.05, 3.63) is 23.8 Å². The molecule has 6 heteroatoms. The van der Waals surface area contributed by atoms with Gasteiger partial charge in [-0.15, -0.1) is 0 Å². The monoisotopic (exact) mass is 330 g/mol. The van der Waals surface area contributed by atoms with Crippen LogP contribution in [0.1, 0.15) is 37.7 Å². The average Bonchev–Trinajstić information content (AvgIpc) is 2.38. The third-order valence-corrected chi connectivity index (χ3v) is 5.71. The first-order valence-electron chi connectivity index (χ1n) is 7.24. The highest BCUT2D eigenvalue weighted by Crippen LogP contribution is 2.43. The van der Waals surface area contributed by atoms with E-state index in [-0.39, 0.29) is 16.6 Å². The minimum Gasteiger partial charge on any atom is -0.489 e. The molecule has 1 aliphatic heterocycles. The first-order chi connectivity index (χ1) is 9.88. The summed E-state index contributed by atoms with van der Waals surface area (Å²) in [6.45, 7) is 2.49. The van der Waals surface area contributed by atoms with E-state index in [0.717, 1.165) is 31.2 Å². The van der Waals surface area contributed by atoms with E-state index in [4.69, 9.17) is 20.2 Å². The van der Waals surface area contributed by atoms with Crippen molar-refractivity contribution in [3.63, 3.8) is 0 Å². The SMILES string of the molecule is Cc1ccc(OC2CCOC3(CCC3)C2)c(S(=O)(=O)Cl)c1. The maximum Gasteiger partial charge on any atom is 0.264 e. The normalized spacial score (nSPS) is 24.6. The average molecular weight is 331 g/mol. The predicted molar refractivity (Wildman–Crippen MR) is 80.4 cm³/mol. The van der Waals surface area contributed by atoms with Crippen LogP contribution in [-0.4, -0.2) is 26.7 Å². The Bertz CT molecular complexity index is 637. The first-order valence-corrected chi connectivity index (χ1v) is 9.55. The second-order valence-corrected chi connectivity index (χ2v) is 8.54. The van der Waals surface area contributed by atoms with E-state index in [0.29, 0.717) is 12.4 Å². The van der Waals surface area contributed by atoms with E-state index in [1.807, 2.05) is 13.0 Å². The summed E-state index contributed by atoms with van der Waals surface area (Å²) in [7, 11) is 1.70. The summed E-state index contributed by atoms with van der Waals surface area (Å²) >= 11 is 0. The fourth-order valence-electron chi connectivity index (χ4n) is 3.09. The van der Waals surface area contributed by atoms with Gasteiger partial charge in [-0.25, -0.2) is 8.42 Å². The molecule has 1 saturated heterocycles.